The first-order valence-electron chi connectivity index (χ1n) is 5.83. The molecule has 5 heteroatoms. The molecule has 0 aliphatic carbocycles. The Morgan fingerprint density at radius 3 is 2.39 bits per heavy atom. The Morgan fingerprint density at radius 1 is 1.17 bits per heavy atom. The molecule has 0 fully saturated rings. The van der Waals surface area contributed by atoms with Crippen LogP contribution in [-0.4, -0.2) is 26.1 Å². The van der Waals surface area contributed by atoms with E-state index in [1.807, 2.05) is 0 Å². The molecule has 0 amide bonds. The number of rotatable bonds is 8. The third-order valence-corrected chi connectivity index (χ3v) is 3.45. The lowest BCUT2D eigenvalue weighted by atomic mass is 10.2. The summed E-state index contributed by atoms with van der Waals surface area (Å²) >= 11 is 6.76. The molecule has 1 rings (SSSR count). The highest BCUT2D eigenvalue weighted by Gasteiger charge is 2.08. The maximum atomic E-state index is 10.7. The van der Waals surface area contributed by atoms with Crippen molar-refractivity contribution in [2.24, 2.45) is 0 Å². The van der Waals surface area contributed by atoms with Crippen LogP contribution in [0, 0.1) is 0 Å². The van der Waals surface area contributed by atoms with Crippen LogP contribution in [0.4, 0.5) is 0 Å². The van der Waals surface area contributed by atoms with E-state index in [-0.39, 0.29) is 0 Å². The predicted molar refractivity (Wildman–Crippen MR) is 78.5 cm³/mol. The quantitative estimate of drug-likeness (QED) is 0.501. The maximum absolute atomic E-state index is 10.7. The van der Waals surface area contributed by atoms with E-state index in [9.17, 15) is 4.79 Å². The molecule has 0 bridgehead atoms. The van der Waals surface area contributed by atoms with Gasteiger partial charge in [0.25, 0.3) is 0 Å². The molecule has 0 aromatic heterocycles. The van der Waals surface area contributed by atoms with Crippen LogP contribution in [0.2, 0.25) is 0 Å². The summed E-state index contributed by atoms with van der Waals surface area (Å²) < 4.78 is 12.5. The van der Waals surface area contributed by atoms with E-state index in [1.54, 1.807) is 12.1 Å². The van der Waals surface area contributed by atoms with Gasteiger partial charge in [0.15, 0.2) is 0 Å². The number of carbonyl (C=O) groups excluding carboxylic acids is 1. The van der Waals surface area contributed by atoms with Gasteiger partial charge in [0.1, 0.15) is 18.6 Å². The molecule has 3 nitrogen and oxygen atoms in total. The first kappa shape index (κ1) is 15.7. The van der Waals surface area contributed by atoms with E-state index < -0.39 is 0 Å². The molecule has 0 N–H and O–H groups in total. The fraction of sp³-hybridized carbons (Fsp3) is 0.462. The molecule has 0 aliphatic rings. The van der Waals surface area contributed by atoms with Crippen LogP contribution >= 0.6 is 31.9 Å². The summed E-state index contributed by atoms with van der Waals surface area (Å²) in [4.78, 5) is 10.7. The Labute approximate surface area is 124 Å². The van der Waals surface area contributed by atoms with Gasteiger partial charge in [-0.2, -0.15) is 0 Å². The van der Waals surface area contributed by atoms with Gasteiger partial charge in [0.2, 0.25) is 0 Å². The molecule has 100 valence electrons. The second kappa shape index (κ2) is 8.67. The van der Waals surface area contributed by atoms with Crippen LogP contribution < -0.4 is 4.74 Å². The van der Waals surface area contributed by atoms with Gasteiger partial charge in [-0.3, -0.25) is 4.79 Å². The Kier molecular flexibility index (Phi) is 7.54. The molecule has 1 aromatic rings. The molecule has 0 unspecified atom stereocenters. The van der Waals surface area contributed by atoms with Crippen LogP contribution in [0.15, 0.2) is 21.1 Å². The minimum atomic E-state index is 0.487. The maximum Gasteiger partial charge on any atom is 0.150 e. The highest BCUT2D eigenvalue weighted by Crippen LogP contribution is 2.34. The number of hydrogen-bond acceptors (Lipinski definition) is 3. The fourth-order valence-electron chi connectivity index (χ4n) is 1.34. The predicted octanol–water partition coefficient (Wildman–Crippen LogP) is 4.22. The number of unbranched alkanes of at least 4 members (excludes halogenated alkanes) is 1. The highest BCUT2D eigenvalue weighted by atomic mass is 79.9. The second-order valence-corrected chi connectivity index (χ2v) is 5.45. The van der Waals surface area contributed by atoms with Crippen molar-refractivity contribution >= 4 is 38.1 Å². The van der Waals surface area contributed by atoms with Gasteiger partial charge in [0.05, 0.1) is 15.6 Å². The Bertz CT molecular complexity index is 371. The minimum absolute atomic E-state index is 0.487. The molecular weight excluding hydrogens is 364 g/mol. The van der Waals surface area contributed by atoms with Crippen LogP contribution in [0.3, 0.4) is 0 Å². The molecule has 0 radical (unpaired) electrons. The Morgan fingerprint density at radius 2 is 1.83 bits per heavy atom. The standard InChI is InChI=1S/C13H16Br2O3/c1-2-3-4-17-5-6-18-13-11(14)7-10(9-16)8-12(13)15/h7-9H,2-6H2,1H3. The summed E-state index contributed by atoms with van der Waals surface area (Å²) in [6.07, 6.45) is 3.00. The van der Waals surface area contributed by atoms with Crippen molar-refractivity contribution in [2.45, 2.75) is 19.8 Å². The normalized spacial score (nSPS) is 10.4. The molecule has 0 saturated carbocycles. The largest absolute Gasteiger partial charge is 0.489 e. The van der Waals surface area contributed by atoms with Crippen LogP contribution in [0.5, 0.6) is 5.75 Å². The van der Waals surface area contributed by atoms with Crippen molar-refractivity contribution in [1.29, 1.82) is 0 Å². The monoisotopic (exact) mass is 378 g/mol. The lowest BCUT2D eigenvalue weighted by molar-refractivity contribution is 0.0975. The Balaban J connectivity index is 2.45. The summed E-state index contributed by atoms with van der Waals surface area (Å²) in [6.45, 7) is 3.95. The zero-order valence-electron chi connectivity index (χ0n) is 10.2. The first-order valence-corrected chi connectivity index (χ1v) is 7.42. The number of hydrogen-bond donors (Lipinski definition) is 0. The first-order chi connectivity index (χ1) is 8.69. The topological polar surface area (TPSA) is 35.5 Å². The zero-order chi connectivity index (χ0) is 13.4. The average molecular weight is 380 g/mol. The fourth-order valence-corrected chi connectivity index (χ4v) is 2.79. The van der Waals surface area contributed by atoms with E-state index in [0.29, 0.717) is 24.5 Å². The van der Waals surface area contributed by atoms with Crippen molar-refractivity contribution in [2.75, 3.05) is 19.8 Å². The number of halogens is 2. The van der Waals surface area contributed by atoms with Gasteiger partial charge < -0.3 is 9.47 Å². The molecule has 0 heterocycles. The van der Waals surface area contributed by atoms with Crippen molar-refractivity contribution in [1.82, 2.24) is 0 Å². The molecule has 18 heavy (non-hydrogen) atoms. The van der Waals surface area contributed by atoms with Crippen LogP contribution in [-0.2, 0) is 4.74 Å². The van der Waals surface area contributed by atoms with Gasteiger partial charge in [-0.05, 0) is 50.4 Å². The van der Waals surface area contributed by atoms with Crippen LogP contribution in [0.25, 0.3) is 0 Å². The number of carbonyl (C=O) groups is 1. The average Bonchev–Trinajstić information content (AvgIpc) is 2.35. The van der Waals surface area contributed by atoms with Crippen molar-refractivity contribution < 1.29 is 14.3 Å². The molecule has 0 spiro atoms. The number of benzene rings is 1. The summed E-state index contributed by atoms with van der Waals surface area (Å²) in [5, 5.41) is 0. The lowest BCUT2D eigenvalue weighted by Crippen LogP contribution is -2.08. The molecular formula is C13H16Br2O3. The van der Waals surface area contributed by atoms with Crippen LogP contribution in [0.1, 0.15) is 30.1 Å². The SMILES string of the molecule is CCCCOCCOc1c(Br)cc(C=O)cc1Br. The zero-order valence-corrected chi connectivity index (χ0v) is 13.4. The van der Waals surface area contributed by atoms with Gasteiger partial charge in [-0.15, -0.1) is 0 Å². The summed E-state index contributed by atoms with van der Waals surface area (Å²) in [7, 11) is 0. The van der Waals surface area contributed by atoms with Crippen molar-refractivity contribution in [3.8, 4) is 5.75 Å². The van der Waals surface area contributed by atoms with Gasteiger partial charge in [0, 0.05) is 12.2 Å². The van der Waals surface area contributed by atoms with Crippen molar-refractivity contribution in [3.05, 3.63) is 26.6 Å². The molecule has 0 saturated heterocycles. The molecule has 0 aliphatic heterocycles. The molecule has 0 atom stereocenters. The third-order valence-electron chi connectivity index (χ3n) is 2.27. The van der Waals surface area contributed by atoms with Gasteiger partial charge in [-0.1, -0.05) is 13.3 Å². The van der Waals surface area contributed by atoms with E-state index in [0.717, 1.165) is 34.7 Å². The summed E-state index contributed by atoms with van der Waals surface area (Å²) in [5.41, 5.74) is 0.597. The second-order valence-electron chi connectivity index (χ2n) is 3.75. The number of aldehydes is 1. The van der Waals surface area contributed by atoms with E-state index >= 15 is 0 Å². The van der Waals surface area contributed by atoms with Gasteiger partial charge >= 0.3 is 0 Å². The smallest absolute Gasteiger partial charge is 0.150 e. The lowest BCUT2D eigenvalue weighted by Gasteiger charge is -2.11. The van der Waals surface area contributed by atoms with E-state index in [4.69, 9.17) is 9.47 Å². The van der Waals surface area contributed by atoms with E-state index in [2.05, 4.69) is 38.8 Å². The third kappa shape index (κ3) is 5.08. The van der Waals surface area contributed by atoms with E-state index in [1.165, 1.54) is 0 Å². The highest BCUT2D eigenvalue weighted by molar-refractivity contribution is 9.11. The minimum Gasteiger partial charge on any atom is -0.489 e. The molecule has 1 aromatic carbocycles. The van der Waals surface area contributed by atoms with Gasteiger partial charge in [-0.25, -0.2) is 0 Å². The summed E-state index contributed by atoms with van der Waals surface area (Å²) in [6, 6.07) is 3.45. The summed E-state index contributed by atoms with van der Waals surface area (Å²) in [5.74, 6) is 0.694. The van der Waals surface area contributed by atoms with Crippen molar-refractivity contribution in [3.63, 3.8) is 0 Å². The Hall–Kier alpha value is -0.390. The number of ether oxygens (including phenoxy) is 2.